The van der Waals surface area contributed by atoms with E-state index < -0.39 is 5.97 Å². The lowest BCUT2D eigenvalue weighted by molar-refractivity contribution is 0.0691. The van der Waals surface area contributed by atoms with Crippen molar-refractivity contribution in [3.63, 3.8) is 0 Å². The van der Waals surface area contributed by atoms with Crippen LogP contribution >= 0.6 is 11.3 Å². The molecule has 1 aromatic heterocycles. The smallest absolute Gasteiger partial charge is 0.355 e. The molecule has 2 aromatic rings. The molecule has 0 spiro atoms. The maximum atomic E-state index is 10.7. The first kappa shape index (κ1) is 15.5. The number of carboxylic acids is 1. The first-order chi connectivity index (χ1) is 9.97. The molecule has 4 nitrogen and oxygen atoms in total. The van der Waals surface area contributed by atoms with Crippen molar-refractivity contribution in [3.8, 4) is 5.75 Å². The fraction of sp³-hybridized carbons (Fsp3) is 0.375. The van der Waals surface area contributed by atoms with E-state index in [2.05, 4.69) is 31.0 Å². The number of hydrogen-bond donors (Lipinski definition) is 1. The molecular weight excluding hydrogens is 286 g/mol. The normalized spacial score (nSPS) is 10.6. The topological polar surface area (TPSA) is 59.4 Å². The minimum atomic E-state index is -0.973. The predicted molar refractivity (Wildman–Crippen MR) is 83.5 cm³/mol. The highest BCUT2D eigenvalue weighted by molar-refractivity contribution is 7.09. The van der Waals surface area contributed by atoms with Crippen molar-refractivity contribution in [3.05, 3.63) is 44.9 Å². The van der Waals surface area contributed by atoms with Crippen LogP contribution in [0.25, 0.3) is 0 Å². The fourth-order valence-corrected chi connectivity index (χ4v) is 2.83. The van der Waals surface area contributed by atoms with Gasteiger partial charge in [-0.25, -0.2) is 9.78 Å². The van der Waals surface area contributed by atoms with Crippen molar-refractivity contribution in [1.82, 2.24) is 4.98 Å². The molecule has 0 bridgehead atoms. The number of ether oxygens (including phenoxy) is 1. The second-order valence-corrected chi connectivity index (χ2v) is 6.03. The first-order valence-electron chi connectivity index (χ1n) is 6.85. The summed E-state index contributed by atoms with van der Waals surface area (Å²) in [5.74, 6) is -0.0528. The number of nitrogens with zero attached hydrogens (tertiary/aromatic N) is 1. The zero-order valence-corrected chi connectivity index (χ0v) is 13.3. The molecule has 1 aromatic carbocycles. The number of aryl methyl sites for hydroxylation is 4. The Labute approximate surface area is 128 Å². The van der Waals surface area contributed by atoms with E-state index in [0.717, 1.165) is 29.2 Å². The number of benzene rings is 1. The molecule has 0 radical (unpaired) electrons. The summed E-state index contributed by atoms with van der Waals surface area (Å²) in [4.78, 5) is 14.8. The van der Waals surface area contributed by atoms with E-state index in [1.54, 1.807) is 5.38 Å². The van der Waals surface area contributed by atoms with Crippen molar-refractivity contribution in [1.29, 1.82) is 0 Å². The molecule has 0 atom stereocenters. The van der Waals surface area contributed by atoms with Gasteiger partial charge in [-0.3, -0.25) is 0 Å². The maximum Gasteiger partial charge on any atom is 0.355 e. The molecule has 1 heterocycles. The van der Waals surface area contributed by atoms with Gasteiger partial charge < -0.3 is 9.84 Å². The summed E-state index contributed by atoms with van der Waals surface area (Å²) in [6, 6.07) is 4.20. The standard InChI is InChI=1S/C16H19NO3S/c1-10-7-12(3)14(8-11(10)2)20-6-4-5-15-17-13(9-21-15)16(18)19/h7-9H,4-6H2,1-3H3,(H,18,19). The van der Waals surface area contributed by atoms with Crippen LogP contribution in [0.5, 0.6) is 5.75 Å². The monoisotopic (exact) mass is 305 g/mol. The van der Waals surface area contributed by atoms with Gasteiger partial charge in [0.25, 0.3) is 0 Å². The lowest BCUT2D eigenvalue weighted by Gasteiger charge is -2.11. The summed E-state index contributed by atoms with van der Waals surface area (Å²) in [5, 5.41) is 11.2. The van der Waals surface area contributed by atoms with Crippen molar-refractivity contribution >= 4 is 17.3 Å². The van der Waals surface area contributed by atoms with Crippen LogP contribution in [-0.2, 0) is 6.42 Å². The molecule has 21 heavy (non-hydrogen) atoms. The Kier molecular flexibility index (Phi) is 4.96. The number of rotatable bonds is 6. The van der Waals surface area contributed by atoms with Crippen molar-refractivity contribution in [2.75, 3.05) is 6.61 Å². The van der Waals surface area contributed by atoms with E-state index in [4.69, 9.17) is 9.84 Å². The Bertz CT molecular complexity index is 649. The minimum absolute atomic E-state index is 0.126. The molecule has 0 aliphatic carbocycles. The second kappa shape index (κ2) is 6.72. The van der Waals surface area contributed by atoms with E-state index in [1.165, 1.54) is 22.5 Å². The first-order valence-corrected chi connectivity index (χ1v) is 7.73. The van der Waals surface area contributed by atoms with Gasteiger partial charge in [-0.15, -0.1) is 11.3 Å². The largest absolute Gasteiger partial charge is 0.493 e. The summed E-state index contributed by atoms with van der Waals surface area (Å²) < 4.78 is 5.81. The minimum Gasteiger partial charge on any atom is -0.493 e. The summed E-state index contributed by atoms with van der Waals surface area (Å²) in [6.07, 6.45) is 1.56. The SMILES string of the molecule is Cc1cc(C)c(OCCCc2nc(C(=O)O)cs2)cc1C. The van der Waals surface area contributed by atoms with Crippen molar-refractivity contribution < 1.29 is 14.6 Å². The molecule has 0 aliphatic rings. The quantitative estimate of drug-likeness (QED) is 0.825. The zero-order chi connectivity index (χ0) is 15.4. The molecule has 5 heteroatoms. The van der Waals surface area contributed by atoms with Crippen LogP contribution in [0, 0.1) is 20.8 Å². The van der Waals surface area contributed by atoms with Crippen LogP contribution in [0.3, 0.4) is 0 Å². The summed E-state index contributed by atoms with van der Waals surface area (Å²) in [5.41, 5.74) is 3.76. The summed E-state index contributed by atoms with van der Waals surface area (Å²) >= 11 is 1.38. The molecule has 112 valence electrons. The maximum absolute atomic E-state index is 10.7. The van der Waals surface area contributed by atoms with Gasteiger partial charge in [-0.05, 0) is 49.9 Å². The Morgan fingerprint density at radius 3 is 2.62 bits per heavy atom. The molecule has 1 N–H and O–H groups in total. The van der Waals surface area contributed by atoms with Gasteiger partial charge in [0.05, 0.1) is 11.6 Å². The lowest BCUT2D eigenvalue weighted by atomic mass is 10.1. The molecule has 0 saturated carbocycles. The highest BCUT2D eigenvalue weighted by Gasteiger charge is 2.08. The summed E-state index contributed by atoms with van der Waals surface area (Å²) in [6.45, 7) is 6.81. The van der Waals surface area contributed by atoms with Crippen LogP contribution in [0.15, 0.2) is 17.5 Å². The number of carboxylic acid groups (broad SMARTS) is 1. The Hall–Kier alpha value is -1.88. The van der Waals surface area contributed by atoms with Gasteiger partial charge >= 0.3 is 5.97 Å². The summed E-state index contributed by atoms with van der Waals surface area (Å²) in [7, 11) is 0. The number of carbonyl (C=O) groups is 1. The van der Waals surface area contributed by atoms with Gasteiger partial charge in [0.1, 0.15) is 5.75 Å². The van der Waals surface area contributed by atoms with Gasteiger partial charge in [0, 0.05) is 11.8 Å². The van der Waals surface area contributed by atoms with Crippen molar-refractivity contribution in [2.24, 2.45) is 0 Å². The average molecular weight is 305 g/mol. The Morgan fingerprint density at radius 1 is 1.24 bits per heavy atom. The zero-order valence-electron chi connectivity index (χ0n) is 12.5. The number of aromatic carboxylic acids is 1. The van der Waals surface area contributed by atoms with E-state index in [0.29, 0.717) is 6.61 Å². The molecule has 0 unspecified atom stereocenters. The lowest BCUT2D eigenvalue weighted by Crippen LogP contribution is -2.02. The van der Waals surface area contributed by atoms with Crippen LogP contribution < -0.4 is 4.74 Å². The number of hydrogen-bond acceptors (Lipinski definition) is 4. The third-order valence-electron chi connectivity index (χ3n) is 3.35. The Balaban J connectivity index is 1.84. The number of thiazole rings is 1. The Morgan fingerprint density at radius 2 is 1.95 bits per heavy atom. The highest BCUT2D eigenvalue weighted by atomic mass is 32.1. The van der Waals surface area contributed by atoms with Crippen LogP contribution in [0.2, 0.25) is 0 Å². The molecule has 0 saturated heterocycles. The fourth-order valence-electron chi connectivity index (χ4n) is 2.02. The van der Waals surface area contributed by atoms with Gasteiger partial charge in [-0.2, -0.15) is 0 Å². The van der Waals surface area contributed by atoms with E-state index in [9.17, 15) is 4.79 Å². The van der Waals surface area contributed by atoms with Gasteiger partial charge in [0.2, 0.25) is 0 Å². The van der Waals surface area contributed by atoms with E-state index in [1.807, 2.05) is 6.92 Å². The average Bonchev–Trinajstić information content (AvgIpc) is 2.89. The van der Waals surface area contributed by atoms with Crippen LogP contribution in [0.1, 0.15) is 38.6 Å². The third kappa shape index (κ3) is 4.04. The van der Waals surface area contributed by atoms with Crippen molar-refractivity contribution in [2.45, 2.75) is 33.6 Å². The molecule has 0 aliphatic heterocycles. The number of aromatic nitrogens is 1. The highest BCUT2D eigenvalue weighted by Crippen LogP contribution is 2.22. The van der Waals surface area contributed by atoms with Crippen LogP contribution in [0.4, 0.5) is 0 Å². The second-order valence-electron chi connectivity index (χ2n) is 5.09. The molecule has 2 rings (SSSR count). The predicted octanol–water partition coefficient (Wildman–Crippen LogP) is 3.78. The molecule has 0 amide bonds. The van der Waals surface area contributed by atoms with E-state index >= 15 is 0 Å². The van der Waals surface area contributed by atoms with E-state index in [-0.39, 0.29) is 5.69 Å². The van der Waals surface area contributed by atoms with Gasteiger partial charge in [-0.1, -0.05) is 6.07 Å². The van der Waals surface area contributed by atoms with Gasteiger partial charge in [0.15, 0.2) is 5.69 Å². The third-order valence-corrected chi connectivity index (χ3v) is 4.26. The molecule has 0 fully saturated rings. The molecular formula is C16H19NO3S. The van der Waals surface area contributed by atoms with Crippen LogP contribution in [-0.4, -0.2) is 22.7 Å².